The van der Waals surface area contributed by atoms with Crippen molar-refractivity contribution in [2.45, 2.75) is 19.4 Å². The fourth-order valence-corrected chi connectivity index (χ4v) is 3.43. The maximum atomic E-state index is 13.0. The monoisotopic (exact) mass is 422 g/mol. The van der Waals surface area contributed by atoms with Gasteiger partial charge in [-0.05, 0) is 36.8 Å². The predicted molar refractivity (Wildman–Crippen MR) is 115 cm³/mol. The van der Waals surface area contributed by atoms with Gasteiger partial charge in [0, 0.05) is 40.2 Å². The van der Waals surface area contributed by atoms with Crippen molar-refractivity contribution in [1.82, 2.24) is 15.5 Å². The number of nitrogens with zero attached hydrogens (tertiary/aromatic N) is 1. The second-order valence-electron chi connectivity index (χ2n) is 6.91. The summed E-state index contributed by atoms with van der Waals surface area (Å²) in [6.45, 7) is 1.73. The number of aromatic amines is 1. The van der Waals surface area contributed by atoms with Crippen LogP contribution in [0.25, 0.3) is 10.9 Å². The van der Waals surface area contributed by atoms with Crippen molar-refractivity contribution in [3.8, 4) is 0 Å². The van der Waals surface area contributed by atoms with Crippen LogP contribution in [0.1, 0.15) is 21.7 Å². The average Bonchev–Trinajstić information content (AvgIpc) is 3.33. The molecule has 4 aromatic rings. The average molecular weight is 423 g/mol. The number of para-hydroxylation sites is 1. The molecular formula is C22H19ClN4O3. The number of carbonyl (C=O) groups is 2. The number of H-pyrrole nitrogens is 1. The van der Waals surface area contributed by atoms with E-state index in [0.717, 1.165) is 16.5 Å². The van der Waals surface area contributed by atoms with Gasteiger partial charge in [0.2, 0.25) is 5.91 Å². The zero-order chi connectivity index (χ0) is 21.1. The van der Waals surface area contributed by atoms with Crippen LogP contribution < -0.4 is 10.6 Å². The first-order chi connectivity index (χ1) is 14.5. The van der Waals surface area contributed by atoms with E-state index < -0.39 is 17.9 Å². The number of anilines is 1. The van der Waals surface area contributed by atoms with E-state index in [-0.39, 0.29) is 0 Å². The number of amides is 2. The highest BCUT2D eigenvalue weighted by molar-refractivity contribution is 6.31. The SMILES string of the molecule is Cc1cc(NC(=O)[C@H](Cc2c[nH]c3ccccc23)NC(=O)c2cccc(Cl)c2)no1. The molecule has 2 aromatic carbocycles. The van der Waals surface area contributed by atoms with Gasteiger partial charge in [-0.15, -0.1) is 0 Å². The van der Waals surface area contributed by atoms with Crippen LogP contribution in [0.15, 0.2) is 65.3 Å². The van der Waals surface area contributed by atoms with Crippen LogP contribution in [0.5, 0.6) is 0 Å². The van der Waals surface area contributed by atoms with Crippen molar-refractivity contribution in [3.05, 3.63) is 82.7 Å². The molecule has 0 aliphatic rings. The van der Waals surface area contributed by atoms with Gasteiger partial charge in [0.25, 0.3) is 5.91 Å². The summed E-state index contributed by atoms with van der Waals surface area (Å²) >= 11 is 6.00. The molecule has 0 fully saturated rings. The molecule has 0 saturated carbocycles. The van der Waals surface area contributed by atoms with Gasteiger partial charge in [-0.25, -0.2) is 0 Å². The van der Waals surface area contributed by atoms with Crippen molar-refractivity contribution >= 4 is 40.1 Å². The lowest BCUT2D eigenvalue weighted by molar-refractivity contribution is -0.118. The standard InChI is InChI=1S/C22H19ClN4O3/c1-13-9-20(27-30-13)26-22(29)19(25-21(28)14-5-4-6-16(23)10-14)11-15-12-24-18-8-3-2-7-17(15)18/h2-10,12,19,24H,11H2,1H3,(H,25,28)(H,26,27,29)/t19-/m0/s1. The lowest BCUT2D eigenvalue weighted by Crippen LogP contribution is -2.45. The quantitative estimate of drug-likeness (QED) is 0.435. The third kappa shape index (κ3) is 4.36. The Labute approximate surface area is 177 Å². The van der Waals surface area contributed by atoms with Gasteiger partial charge in [-0.3, -0.25) is 9.59 Å². The minimum Gasteiger partial charge on any atom is -0.361 e. The van der Waals surface area contributed by atoms with Crippen LogP contribution in [0.3, 0.4) is 0 Å². The van der Waals surface area contributed by atoms with Gasteiger partial charge in [-0.1, -0.05) is 41.0 Å². The molecule has 152 valence electrons. The number of nitrogens with one attached hydrogen (secondary N) is 3. The highest BCUT2D eigenvalue weighted by atomic mass is 35.5. The molecular weight excluding hydrogens is 404 g/mol. The minimum absolute atomic E-state index is 0.290. The summed E-state index contributed by atoms with van der Waals surface area (Å²) in [6.07, 6.45) is 2.13. The van der Waals surface area contributed by atoms with E-state index in [1.165, 1.54) is 0 Å². The van der Waals surface area contributed by atoms with Gasteiger partial charge >= 0.3 is 0 Å². The summed E-state index contributed by atoms with van der Waals surface area (Å²) in [5.74, 6) is 0.0673. The van der Waals surface area contributed by atoms with E-state index in [0.29, 0.717) is 28.6 Å². The van der Waals surface area contributed by atoms with Crippen molar-refractivity contribution in [1.29, 1.82) is 0 Å². The van der Waals surface area contributed by atoms with Crippen LogP contribution >= 0.6 is 11.6 Å². The van der Waals surface area contributed by atoms with E-state index in [9.17, 15) is 9.59 Å². The molecule has 7 nitrogen and oxygen atoms in total. The van der Waals surface area contributed by atoms with Gasteiger partial charge in [0.05, 0.1) is 0 Å². The Morgan fingerprint density at radius 3 is 2.77 bits per heavy atom. The zero-order valence-electron chi connectivity index (χ0n) is 16.1. The molecule has 2 amide bonds. The molecule has 2 aromatic heterocycles. The number of fused-ring (bicyclic) bond motifs is 1. The van der Waals surface area contributed by atoms with Gasteiger partial charge in [0.15, 0.2) is 5.82 Å². The number of aryl methyl sites for hydroxylation is 1. The topological polar surface area (TPSA) is 100 Å². The summed E-state index contributed by atoms with van der Waals surface area (Å²) in [5.41, 5.74) is 2.24. The van der Waals surface area contributed by atoms with Gasteiger partial charge < -0.3 is 20.1 Å². The Bertz CT molecular complexity index is 1210. The van der Waals surface area contributed by atoms with Crippen LogP contribution in [0.2, 0.25) is 5.02 Å². The first-order valence-corrected chi connectivity index (χ1v) is 9.73. The Morgan fingerprint density at radius 1 is 1.17 bits per heavy atom. The summed E-state index contributed by atoms with van der Waals surface area (Å²) in [6, 6.07) is 15.1. The molecule has 30 heavy (non-hydrogen) atoms. The number of halogens is 1. The molecule has 0 bridgehead atoms. The molecule has 0 unspecified atom stereocenters. The van der Waals surface area contributed by atoms with Crippen molar-refractivity contribution in [3.63, 3.8) is 0 Å². The molecule has 1 atom stereocenters. The largest absolute Gasteiger partial charge is 0.361 e. The highest BCUT2D eigenvalue weighted by Crippen LogP contribution is 2.20. The molecule has 0 aliphatic heterocycles. The highest BCUT2D eigenvalue weighted by Gasteiger charge is 2.24. The van der Waals surface area contributed by atoms with Crippen molar-refractivity contribution in [2.75, 3.05) is 5.32 Å². The molecule has 2 heterocycles. The molecule has 0 aliphatic carbocycles. The van der Waals surface area contributed by atoms with E-state index in [1.807, 2.05) is 30.5 Å². The molecule has 3 N–H and O–H groups in total. The van der Waals surface area contributed by atoms with E-state index in [2.05, 4.69) is 20.8 Å². The number of rotatable bonds is 6. The molecule has 0 radical (unpaired) electrons. The number of hydrogen-bond acceptors (Lipinski definition) is 4. The van der Waals surface area contributed by atoms with E-state index >= 15 is 0 Å². The van der Waals surface area contributed by atoms with Crippen molar-refractivity contribution in [2.24, 2.45) is 0 Å². The molecule has 4 rings (SSSR count). The second-order valence-corrected chi connectivity index (χ2v) is 7.35. The summed E-state index contributed by atoms with van der Waals surface area (Å²) in [5, 5.41) is 10.7. The van der Waals surface area contributed by atoms with Crippen molar-refractivity contribution < 1.29 is 14.1 Å². The fourth-order valence-electron chi connectivity index (χ4n) is 3.24. The second kappa shape index (κ2) is 8.42. The van der Waals surface area contributed by atoms with Crippen LogP contribution in [0.4, 0.5) is 5.82 Å². The number of benzene rings is 2. The summed E-state index contributed by atoms with van der Waals surface area (Å²) in [4.78, 5) is 28.9. The van der Waals surface area contributed by atoms with Crippen LogP contribution in [0, 0.1) is 6.92 Å². The minimum atomic E-state index is -0.840. The predicted octanol–water partition coefficient (Wildman–Crippen LogP) is 4.10. The molecule has 0 spiro atoms. The van der Waals surface area contributed by atoms with Gasteiger partial charge in [-0.2, -0.15) is 0 Å². The summed E-state index contributed by atoms with van der Waals surface area (Å²) < 4.78 is 5.00. The van der Waals surface area contributed by atoms with Gasteiger partial charge in [0.1, 0.15) is 11.8 Å². The third-order valence-corrected chi connectivity index (χ3v) is 4.92. The van der Waals surface area contributed by atoms with E-state index in [4.69, 9.17) is 16.1 Å². The van der Waals surface area contributed by atoms with E-state index in [1.54, 1.807) is 37.3 Å². The maximum absolute atomic E-state index is 13.0. The van der Waals surface area contributed by atoms with Crippen LogP contribution in [-0.2, 0) is 11.2 Å². The zero-order valence-corrected chi connectivity index (χ0v) is 16.9. The lowest BCUT2D eigenvalue weighted by atomic mass is 10.0. The third-order valence-electron chi connectivity index (χ3n) is 4.69. The van der Waals surface area contributed by atoms with Crippen LogP contribution in [-0.4, -0.2) is 28.0 Å². The summed E-state index contributed by atoms with van der Waals surface area (Å²) in [7, 11) is 0. The number of aromatic nitrogens is 2. The first-order valence-electron chi connectivity index (χ1n) is 9.35. The first kappa shape index (κ1) is 19.7. The maximum Gasteiger partial charge on any atom is 0.251 e. The molecule has 0 saturated heterocycles. The normalized spacial score (nSPS) is 11.9. The number of hydrogen-bond donors (Lipinski definition) is 3. The Morgan fingerprint density at radius 2 is 2.00 bits per heavy atom. The smallest absolute Gasteiger partial charge is 0.251 e. The Balaban J connectivity index is 1.59. The Kier molecular flexibility index (Phi) is 5.54. The number of carbonyl (C=O) groups excluding carboxylic acids is 2. The molecule has 8 heteroatoms. The fraction of sp³-hybridized carbons (Fsp3) is 0.136. The Hall–Kier alpha value is -3.58. The lowest BCUT2D eigenvalue weighted by Gasteiger charge is -2.18.